The average Bonchev–Trinajstić information content (AvgIpc) is 2.72. The van der Waals surface area contributed by atoms with Crippen molar-refractivity contribution in [2.75, 3.05) is 11.9 Å². The number of amides is 1. The normalized spacial score (nSPS) is 10.3. The first-order chi connectivity index (χ1) is 13.3. The topological polar surface area (TPSA) is 47.6 Å². The molecule has 3 aromatic carbocycles. The van der Waals surface area contributed by atoms with Gasteiger partial charge in [-0.05, 0) is 48.4 Å². The van der Waals surface area contributed by atoms with Crippen LogP contribution in [0.3, 0.4) is 0 Å². The summed E-state index contributed by atoms with van der Waals surface area (Å²) in [5.74, 6) is 1.14. The molecule has 138 valence electrons. The van der Waals surface area contributed by atoms with Gasteiger partial charge in [0, 0.05) is 5.69 Å². The lowest BCUT2D eigenvalue weighted by atomic mass is 10.1. The third-order valence-electron chi connectivity index (χ3n) is 3.95. The van der Waals surface area contributed by atoms with Gasteiger partial charge < -0.3 is 14.8 Å². The van der Waals surface area contributed by atoms with E-state index >= 15 is 0 Å². The number of carbonyl (C=O) groups excluding carboxylic acids is 1. The van der Waals surface area contributed by atoms with Crippen LogP contribution < -0.4 is 14.8 Å². The third kappa shape index (κ3) is 5.35. The van der Waals surface area contributed by atoms with Crippen molar-refractivity contribution < 1.29 is 14.3 Å². The van der Waals surface area contributed by atoms with Gasteiger partial charge in [-0.1, -0.05) is 49.4 Å². The van der Waals surface area contributed by atoms with Crippen LogP contribution in [0.5, 0.6) is 11.5 Å². The second-order valence-corrected chi connectivity index (χ2v) is 6.10. The van der Waals surface area contributed by atoms with Gasteiger partial charge in [0.25, 0.3) is 5.91 Å². The van der Waals surface area contributed by atoms with Crippen LogP contribution in [-0.4, -0.2) is 12.5 Å². The maximum Gasteiger partial charge on any atom is 0.259 e. The summed E-state index contributed by atoms with van der Waals surface area (Å²) in [7, 11) is 0. The van der Waals surface area contributed by atoms with E-state index in [-0.39, 0.29) is 5.91 Å². The lowest BCUT2D eigenvalue weighted by molar-refractivity contribution is 0.102. The molecule has 27 heavy (non-hydrogen) atoms. The molecule has 0 spiro atoms. The molecule has 1 amide bonds. The molecule has 0 atom stereocenters. The van der Waals surface area contributed by atoms with E-state index in [0.717, 1.165) is 17.7 Å². The molecule has 0 radical (unpaired) electrons. The number of hydrogen-bond donors (Lipinski definition) is 1. The largest absolute Gasteiger partial charge is 0.494 e. The minimum absolute atomic E-state index is 0.208. The molecule has 4 heteroatoms. The predicted octanol–water partition coefficient (Wildman–Crippen LogP) is 5.31. The maximum atomic E-state index is 12.7. The summed E-state index contributed by atoms with van der Waals surface area (Å²) in [6, 6.07) is 24.5. The van der Waals surface area contributed by atoms with Crippen molar-refractivity contribution >= 4 is 11.6 Å². The van der Waals surface area contributed by atoms with Gasteiger partial charge in [-0.3, -0.25) is 4.79 Å². The average molecular weight is 361 g/mol. The summed E-state index contributed by atoms with van der Waals surface area (Å²) in [4.78, 5) is 12.7. The van der Waals surface area contributed by atoms with Crippen molar-refractivity contribution in [1.82, 2.24) is 0 Å². The Morgan fingerprint density at radius 1 is 0.852 bits per heavy atom. The molecule has 3 aromatic rings. The van der Waals surface area contributed by atoms with Crippen molar-refractivity contribution in [3.8, 4) is 11.5 Å². The molecule has 3 rings (SSSR count). The number of benzene rings is 3. The van der Waals surface area contributed by atoms with E-state index in [1.807, 2.05) is 66.7 Å². The van der Waals surface area contributed by atoms with Crippen molar-refractivity contribution in [1.29, 1.82) is 0 Å². The highest BCUT2D eigenvalue weighted by Crippen LogP contribution is 2.22. The number of para-hydroxylation sites is 1. The van der Waals surface area contributed by atoms with Gasteiger partial charge in [0.2, 0.25) is 0 Å². The molecule has 0 aliphatic heterocycles. The number of rotatable bonds is 8. The molecule has 0 bridgehead atoms. The molecule has 0 saturated heterocycles. The van der Waals surface area contributed by atoms with Crippen LogP contribution in [0.4, 0.5) is 5.69 Å². The predicted molar refractivity (Wildman–Crippen MR) is 107 cm³/mol. The minimum Gasteiger partial charge on any atom is -0.494 e. The van der Waals surface area contributed by atoms with E-state index in [9.17, 15) is 4.79 Å². The van der Waals surface area contributed by atoms with E-state index in [1.165, 1.54) is 0 Å². The molecule has 0 aliphatic carbocycles. The summed E-state index contributed by atoms with van der Waals surface area (Å²) in [6.45, 7) is 3.15. The van der Waals surface area contributed by atoms with Crippen LogP contribution in [0.15, 0.2) is 78.9 Å². The molecule has 4 nitrogen and oxygen atoms in total. The molecule has 0 aliphatic rings. The van der Waals surface area contributed by atoms with Crippen molar-refractivity contribution in [2.24, 2.45) is 0 Å². The summed E-state index contributed by atoms with van der Waals surface area (Å²) in [5, 5.41) is 2.91. The van der Waals surface area contributed by atoms with E-state index in [1.54, 1.807) is 12.1 Å². The molecule has 0 unspecified atom stereocenters. The van der Waals surface area contributed by atoms with Gasteiger partial charge >= 0.3 is 0 Å². The molecule has 0 fully saturated rings. The van der Waals surface area contributed by atoms with E-state index < -0.39 is 0 Å². The number of ether oxygens (including phenoxy) is 2. The summed E-state index contributed by atoms with van der Waals surface area (Å²) >= 11 is 0. The van der Waals surface area contributed by atoms with Crippen LogP contribution in [-0.2, 0) is 6.61 Å². The van der Waals surface area contributed by atoms with Gasteiger partial charge in [-0.15, -0.1) is 0 Å². The molecular formula is C23H23NO3. The Hall–Kier alpha value is -3.27. The Morgan fingerprint density at radius 2 is 1.56 bits per heavy atom. The Labute approximate surface area is 159 Å². The molecule has 1 N–H and O–H groups in total. The summed E-state index contributed by atoms with van der Waals surface area (Å²) in [5.41, 5.74) is 2.26. The summed E-state index contributed by atoms with van der Waals surface area (Å²) < 4.78 is 11.4. The fourth-order valence-electron chi connectivity index (χ4n) is 2.57. The fourth-order valence-corrected chi connectivity index (χ4v) is 2.57. The maximum absolute atomic E-state index is 12.7. The molecule has 0 aromatic heterocycles. The number of nitrogens with one attached hydrogen (secondary N) is 1. The minimum atomic E-state index is -0.208. The Morgan fingerprint density at radius 3 is 2.30 bits per heavy atom. The zero-order chi connectivity index (χ0) is 18.9. The van der Waals surface area contributed by atoms with E-state index in [0.29, 0.717) is 30.2 Å². The molecular weight excluding hydrogens is 338 g/mol. The summed E-state index contributed by atoms with van der Waals surface area (Å²) in [6.07, 6.45) is 0.957. The van der Waals surface area contributed by atoms with Crippen molar-refractivity contribution in [3.05, 3.63) is 90.0 Å². The standard InChI is InChI=1S/C23H23NO3/c1-2-16-26-20-14-12-19(13-15-20)24-23(25)21-10-6-7-11-22(21)27-17-18-8-4-3-5-9-18/h3-15H,2,16-17H2,1H3,(H,24,25). The zero-order valence-corrected chi connectivity index (χ0v) is 15.4. The smallest absolute Gasteiger partial charge is 0.259 e. The first-order valence-electron chi connectivity index (χ1n) is 9.06. The van der Waals surface area contributed by atoms with Crippen LogP contribution in [0.2, 0.25) is 0 Å². The lowest BCUT2D eigenvalue weighted by Gasteiger charge is -2.12. The lowest BCUT2D eigenvalue weighted by Crippen LogP contribution is -2.13. The van der Waals surface area contributed by atoms with Gasteiger partial charge in [0.1, 0.15) is 18.1 Å². The van der Waals surface area contributed by atoms with E-state index in [4.69, 9.17) is 9.47 Å². The molecule has 0 heterocycles. The number of hydrogen-bond acceptors (Lipinski definition) is 3. The van der Waals surface area contributed by atoms with Crippen LogP contribution in [0, 0.1) is 0 Å². The highest BCUT2D eigenvalue weighted by Gasteiger charge is 2.12. The van der Waals surface area contributed by atoms with Gasteiger partial charge in [0.05, 0.1) is 12.2 Å². The Balaban J connectivity index is 1.66. The second-order valence-electron chi connectivity index (χ2n) is 6.10. The van der Waals surface area contributed by atoms with Gasteiger partial charge in [0.15, 0.2) is 0 Å². The Bertz CT molecular complexity index is 860. The quantitative estimate of drug-likeness (QED) is 0.592. The fraction of sp³-hybridized carbons (Fsp3) is 0.174. The van der Waals surface area contributed by atoms with Gasteiger partial charge in [-0.25, -0.2) is 0 Å². The van der Waals surface area contributed by atoms with Crippen LogP contribution in [0.1, 0.15) is 29.3 Å². The highest BCUT2D eigenvalue weighted by atomic mass is 16.5. The van der Waals surface area contributed by atoms with Gasteiger partial charge in [-0.2, -0.15) is 0 Å². The highest BCUT2D eigenvalue weighted by molar-refractivity contribution is 6.06. The monoisotopic (exact) mass is 361 g/mol. The van der Waals surface area contributed by atoms with Crippen molar-refractivity contribution in [3.63, 3.8) is 0 Å². The second kappa shape index (κ2) is 9.43. The van der Waals surface area contributed by atoms with Crippen molar-refractivity contribution in [2.45, 2.75) is 20.0 Å². The number of carbonyl (C=O) groups is 1. The first kappa shape index (κ1) is 18.5. The van der Waals surface area contributed by atoms with E-state index in [2.05, 4.69) is 12.2 Å². The SMILES string of the molecule is CCCOc1ccc(NC(=O)c2ccccc2OCc2ccccc2)cc1. The van der Waals surface area contributed by atoms with Crippen LogP contribution >= 0.6 is 0 Å². The Kier molecular flexibility index (Phi) is 6.47. The number of anilines is 1. The van der Waals surface area contributed by atoms with Crippen LogP contribution in [0.25, 0.3) is 0 Å². The zero-order valence-electron chi connectivity index (χ0n) is 15.4. The third-order valence-corrected chi connectivity index (χ3v) is 3.95. The molecule has 0 saturated carbocycles. The first-order valence-corrected chi connectivity index (χ1v) is 9.06.